The molecule has 0 saturated carbocycles. The van der Waals surface area contributed by atoms with Crippen molar-refractivity contribution in [3.63, 3.8) is 0 Å². The molecule has 4 nitrogen and oxygen atoms in total. The Morgan fingerprint density at radius 3 is 2.71 bits per heavy atom. The van der Waals surface area contributed by atoms with Gasteiger partial charge < -0.3 is 9.64 Å². The molecule has 1 aromatic carbocycles. The highest BCUT2D eigenvalue weighted by Crippen LogP contribution is 2.35. The smallest absolute Gasteiger partial charge is 0.411 e. The van der Waals surface area contributed by atoms with Gasteiger partial charge in [-0.1, -0.05) is 11.6 Å². The van der Waals surface area contributed by atoms with Crippen LogP contribution in [-0.4, -0.2) is 36.2 Å². The second-order valence-corrected chi connectivity index (χ2v) is 7.09. The molecule has 2 saturated heterocycles. The molecule has 1 N–H and O–H groups in total. The Kier molecular flexibility index (Phi) is 4.43. The molecule has 1 aromatic rings. The Balaban J connectivity index is 1.59. The van der Waals surface area contributed by atoms with Crippen LogP contribution in [0.25, 0.3) is 0 Å². The maximum absolute atomic E-state index is 12.0. The van der Waals surface area contributed by atoms with Crippen LogP contribution in [0.3, 0.4) is 0 Å². The first-order valence-corrected chi connectivity index (χ1v) is 8.34. The zero-order chi connectivity index (χ0) is 15.0. The SMILES string of the molecule is CN1C2CCC1CC(OC(=O)Nc1cc(Cl)ccc1Br)C2. The van der Waals surface area contributed by atoms with Crippen molar-refractivity contribution in [2.45, 2.75) is 43.9 Å². The summed E-state index contributed by atoms with van der Waals surface area (Å²) in [6.07, 6.45) is 3.88. The molecule has 2 aliphatic rings. The number of ether oxygens (including phenoxy) is 1. The van der Waals surface area contributed by atoms with E-state index in [1.165, 1.54) is 12.8 Å². The number of nitrogens with zero attached hydrogens (tertiary/aromatic N) is 1. The number of benzene rings is 1. The Morgan fingerprint density at radius 1 is 1.38 bits per heavy atom. The van der Waals surface area contributed by atoms with Crippen LogP contribution in [0.5, 0.6) is 0 Å². The summed E-state index contributed by atoms with van der Waals surface area (Å²) in [7, 11) is 2.17. The zero-order valence-corrected chi connectivity index (χ0v) is 14.2. The molecule has 0 spiro atoms. The second kappa shape index (κ2) is 6.15. The van der Waals surface area contributed by atoms with Crippen molar-refractivity contribution >= 4 is 39.3 Å². The third kappa shape index (κ3) is 3.35. The van der Waals surface area contributed by atoms with Crippen molar-refractivity contribution < 1.29 is 9.53 Å². The number of nitrogens with one attached hydrogen (secondary N) is 1. The molecule has 2 atom stereocenters. The molecule has 2 unspecified atom stereocenters. The molecule has 0 radical (unpaired) electrons. The highest BCUT2D eigenvalue weighted by atomic mass is 79.9. The normalized spacial score (nSPS) is 28.4. The van der Waals surface area contributed by atoms with Crippen molar-refractivity contribution in [3.05, 3.63) is 27.7 Å². The number of hydrogen-bond acceptors (Lipinski definition) is 3. The van der Waals surface area contributed by atoms with Gasteiger partial charge in [0.25, 0.3) is 0 Å². The summed E-state index contributed by atoms with van der Waals surface area (Å²) in [6.45, 7) is 0. The summed E-state index contributed by atoms with van der Waals surface area (Å²) >= 11 is 9.32. The summed E-state index contributed by atoms with van der Waals surface area (Å²) in [5, 5.41) is 3.33. The van der Waals surface area contributed by atoms with Crippen LogP contribution >= 0.6 is 27.5 Å². The first-order chi connectivity index (χ1) is 10.0. The number of fused-ring (bicyclic) bond motifs is 2. The Bertz CT molecular complexity index is 540. The van der Waals surface area contributed by atoms with Gasteiger partial charge in [-0.15, -0.1) is 0 Å². The number of anilines is 1. The van der Waals surface area contributed by atoms with Crippen LogP contribution in [0.1, 0.15) is 25.7 Å². The molecule has 0 aliphatic carbocycles. The minimum atomic E-state index is -0.410. The Morgan fingerprint density at radius 2 is 2.05 bits per heavy atom. The van der Waals surface area contributed by atoms with Crippen LogP contribution in [0, 0.1) is 0 Å². The predicted octanol–water partition coefficient (Wildman–Crippen LogP) is 4.28. The summed E-state index contributed by atoms with van der Waals surface area (Å²) < 4.78 is 6.36. The van der Waals surface area contributed by atoms with Gasteiger partial charge in [0.05, 0.1) is 5.69 Å². The highest BCUT2D eigenvalue weighted by molar-refractivity contribution is 9.10. The van der Waals surface area contributed by atoms with Crippen molar-refractivity contribution in [2.24, 2.45) is 0 Å². The standard InChI is InChI=1S/C15H18BrClN2O2/c1-19-10-3-4-11(19)8-12(7-10)21-15(20)18-14-6-9(17)2-5-13(14)16/h2,5-6,10-12H,3-4,7-8H2,1H3,(H,18,20). The maximum Gasteiger partial charge on any atom is 0.411 e. The molecule has 3 rings (SSSR count). The average Bonchev–Trinajstić information content (AvgIpc) is 2.65. The van der Waals surface area contributed by atoms with Gasteiger partial charge in [0, 0.05) is 34.4 Å². The van der Waals surface area contributed by atoms with E-state index < -0.39 is 6.09 Å². The van der Waals surface area contributed by atoms with Crippen molar-refractivity contribution in [1.82, 2.24) is 4.90 Å². The van der Waals surface area contributed by atoms with Crippen LogP contribution in [0.4, 0.5) is 10.5 Å². The number of carbonyl (C=O) groups excluding carboxylic acids is 1. The number of halogens is 2. The van der Waals surface area contributed by atoms with E-state index in [1.807, 2.05) is 0 Å². The summed E-state index contributed by atoms with van der Waals surface area (Å²) in [5.74, 6) is 0. The molecular formula is C15H18BrClN2O2. The number of hydrogen-bond donors (Lipinski definition) is 1. The van der Waals surface area contributed by atoms with Crippen LogP contribution in [0.15, 0.2) is 22.7 Å². The molecule has 2 fully saturated rings. The van der Waals surface area contributed by atoms with Gasteiger partial charge in [-0.05, 0) is 54.0 Å². The van der Waals surface area contributed by atoms with E-state index in [0.717, 1.165) is 17.3 Å². The fourth-order valence-corrected chi connectivity index (χ4v) is 3.86. The van der Waals surface area contributed by atoms with Crippen LogP contribution in [0.2, 0.25) is 5.02 Å². The minimum absolute atomic E-state index is 0.0108. The average molecular weight is 374 g/mol. The van der Waals surface area contributed by atoms with E-state index in [-0.39, 0.29) is 6.10 Å². The van der Waals surface area contributed by atoms with Crippen molar-refractivity contribution in [2.75, 3.05) is 12.4 Å². The van der Waals surface area contributed by atoms with Gasteiger partial charge in [-0.3, -0.25) is 5.32 Å². The van der Waals surface area contributed by atoms with Gasteiger partial charge in [0.2, 0.25) is 0 Å². The molecular weight excluding hydrogens is 356 g/mol. The minimum Gasteiger partial charge on any atom is -0.446 e. The molecule has 114 valence electrons. The Labute approximate surface area is 137 Å². The molecule has 2 aliphatic heterocycles. The summed E-state index contributed by atoms with van der Waals surface area (Å²) in [6, 6.07) is 6.37. The lowest BCUT2D eigenvalue weighted by molar-refractivity contribution is 0.0348. The van der Waals surface area contributed by atoms with Crippen LogP contribution in [-0.2, 0) is 4.74 Å². The topological polar surface area (TPSA) is 41.6 Å². The molecule has 2 heterocycles. The van der Waals surface area contributed by atoms with E-state index >= 15 is 0 Å². The van der Waals surface area contributed by atoms with Crippen LogP contribution < -0.4 is 5.32 Å². The van der Waals surface area contributed by atoms with Gasteiger partial charge >= 0.3 is 6.09 Å². The highest BCUT2D eigenvalue weighted by Gasteiger charge is 2.39. The van der Waals surface area contributed by atoms with Gasteiger partial charge in [-0.25, -0.2) is 4.79 Å². The van der Waals surface area contributed by atoms with E-state index in [4.69, 9.17) is 16.3 Å². The summed E-state index contributed by atoms with van der Waals surface area (Å²) in [4.78, 5) is 14.5. The molecule has 21 heavy (non-hydrogen) atoms. The van der Waals surface area contributed by atoms with E-state index in [2.05, 4.69) is 33.2 Å². The number of piperidine rings is 1. The lowest BCUT2D eigenvalue weighted by Crippen LogP contribution is -2.43. The third-order valence-corrected chi connectivity index (χ3v) is 5.42. The maximum atomic E-state index is 12.0. The number of amides is 1. The lowest BCUT2D eigenvalue weighted by atomic mass is 10.0. The van der Waals surface area contributed by atoms with Gasteiger partial charge in [-0.2, -0.15) is 0 Å². The van der Waals surface area contributed by atoms with Gasteiger partial charge in [0.15, 0.2) is 0 Å². The van der Waals surface area contributed by atoms with Gasteiger partial charge in [0.1, 0.15) is 6.10 Å². The Hall–Kier alpha value is -0.780. The number of rotatable bonds is 2. The summed E-state index contributed by atoms with van der Waals surface area (Å²) in [5.41, 5.74) is 0.628. The van der Waals surface area contributed by atoms with E-state index in [1.54, 1.807) is 18.2 Å². The van der Waals surface area contributed by atoms with Crippen molar-refractivity contribution in [1.29, 1.82) is 0 Å². The predicted molar refractivity (Wildman–Crippen MR) is 86.9 cm³/mol. The fourth-order valence-electron chi connectivity index (χ4n) is 3.34. The first-order valence-electron chi connectivity index (χ1n) is 7.17. The first kappa shape index (κ1) is 15.1. The lowest BCUT2D eigenvalue weighted by Gasteiger charge is -2.35. The quantitative estimate of drug-likeness (QED) is 0.841. The second-order valence-electron chi connectivity index (χ2n) is 5.80. The fraction of sp³-hybridized carbons (Fsp3) is 0.533. The number of carbonyl (C=O) groups is 1. The van der Waals surface area contributed by atoms with E-state index in [9.17, 15) is 4.79 Å². The molecule has 1 amide bonds. The molecule has 6 heteroatoms. The zero-order valence-electron chi connectivity index (χ0n) is 11.8. The molecule has 0 aromatic heterocycles. The monoisotopic (exact) mass is 372 g/mol. The van der Waals surface area contributed by atoms with Crippen molar-refractivity contribution in [3.8, 4) is 0 Å². The van der Waals surface area contributed by atoms with E-state index in [0.29, 0.717) is 22.8 Å². The molecule has 2 bridgehead atoms. The largest absolute Gasteiger partial charge is 0.446 e. The third-order valence-electron chi connectivity index (χ3n) is 4.49.